The Balaban J connectivity index is 2.03. The molecule has 20 heavy (non-hydrogen) atoms. The van der Waals surface area contributed by atoms with Crippen LogP contribution >= 0.6 is 0 Å². The van der Waals surface area contributed by atoms with E-state index in [0.717, 1.165) is 31.2 Å². The van der Waals surface area contributed by atoms with Gasteiger partial charge in [0.05, 0.1) is 0 Å². The lowest BCUT2D eigenvalue weighted by Gasteiger charge is -2.35. The first kappa shape index (κ1) is 14.9. The average molecular weight is 275 g/mol. The van der Waals surface area contributed by atoms with Crippen LogP contribution in [0, 0.1) is 5.92 Å². The number of nitrogen functional groups attached to an aromatic ring is 1. The number of hydrogen-bond donors (Lipinski definition) is 1. The van der Waals surface area contributed by atoms with Gasteiger partial charge in [0.2, 0.25) is 0 Å². The van der Waals surface area contributed by atoms with Crippen molar-refractivity contribution in [1.29, 1.82) is 0 Å². The second kappa shape index (κ2) is 6.27. The van der Waals surface area contributed by atoms with Crippen LogP contribution in [0.15, 0.2) is 18.2 Å². The lowest BCUT2D eigenvalue weighted by Crippen LogP contribution is -2.37. The zero-order valence-electron chi connectivity index (χ0n) is 12.7. The van der Waals surface area contributed by atoms with Crippen molar-refractivity contribution >= 4 is 17.2 Å². The van der Waals surface area contributed by atoms with E-state index in [1.165, 1.54) is 12.8 Å². The first-order valence-electron chi connectivity index (χ1n) is 7.27. The zero-order valence-corrected chi connectivity index (χ0v) is 12.7. The van der Waals surface area contributed by atoms with Crippen LogP contribution in [0.2, 0.25) is 0 Å². The molecule has 1 aromatic rings. The molecule has 0 unspecified atom stereocenters. The third-order valence-electron chi connectivity index (χ3n) is 4.02. The summed E-state index contributed by atoms with van der Waals surface area (Å²) < 4.78 is 0. The van der Waals surface area contributed by atoms with Crippen molar-refractivity contribution in [3.05, 3.63) is 23.8 Å². The van der Waals surface area contributed by atoms with E-state index in [1.54, 1.807) is 6.92 Å². The van der Waals surface area contributed by atoms with E-state index in [4.69, 9.17) is 5.73 Å². The quantitative estimate of drug-likeness (QED) is 0.676. The van der Waals surface area contributed by atoms with Gasteiger partial charge in [0, 0.05) is 36.6 Å². The minimum atomic E-state index is 0.0341. The van der Waals surface area contributed by atoms with E-state index in [2.05, 4.69) is 23.9 Å². The Hall–Kier alpha value is -1.55. The number of piperidine rings is 1. The fourth-order valence-electron chi connectivity index (χ4n) is 2.94. The monoisotopic (exact) mass is 275 g/mol. The molecule has 1 aliphatic rings. The highest BCUT2D eigenvalue weighted by atomic mass is 16.1. The zero-order chi connectivity index (χ0) is 14.7. The molecule has 1 saturated heterocycles. The Bertz CT molecular complexity index is 477. The number of nitrogens with zero attached hydrogens (tertiary/aromatic N) is 2. The number of hydrogen-bond acceptors (Lipinski definition) is 4. The Morgan fingerprint density at radius 3 is 2.55 bits per heavy atom. The van der Waals surface area contributed by atoms with Crippen LogP contribution < -0.4 is 10.6 Å². The molecule has 1 heterocycles. The average Bonchev–Trinajstić information content (AvgIpc) is 2.39. The van der Waals surface area contributed by atoms with Gasteiger partial charge in [-0.05, 0) is 58.0 Å². The summed E-state index contributed by atoms with van der Waals surface area (Å²) in [6, 6.07) is 5.80. The van der Waals surface area contributed by atoms with Crippen LogP contribution in [0.1, 0.15) is 30.1 Å². The normalized spacial score (nSPS) is 16.7. The maximum atomic E-state index is 11.6. The minimum absolute atomic E-state index is 0.0341. The largest absolute Gasteiger partial charge is 0.398 e. The molecule has 0 aromatic heterocycles. The first-order chi connectivity index (χ1) is 9.47. The molecule has 4 nitrogen and oxygen atoms in total. The molecule has 1 fully saturated rings. The van der Waals surface area contributed by atoms with Gasteiger partial charge in [0.1, 0.15) is 0 Å². The van der Waals surface area contributed by atoms with Crippen molar-refractivity contribution in [1.82, 2.24) is 4.90 Å². The predicted molar refractivity (Wildman–Crippen MR) is 84.3 cm³/mol. The molecule has 4 heteroatoms. The van der Waals surface area contributed by atoms with Crippen LogP contribution in [-0.2, 0) is 0 Å². The van der Waals surface area contributed by atoms with Crippen molar-refractivity contribution in [2.24, 2.45) is 5.92 Å². The van der Waals surface area contributed by atoms with Gasteiger partial charge in [-0.25, -0.2) is 0 Å². The molecule has 1 aromatic carbocycles. The fourth-order valence-corrected chi connectivity index (χ4v) is 2.94. The van der Waals surface area contributed by atoms with E-state index in [0.29, 0.717) is 11.3 Å². The van der Waals surface area contributed by atoms with E-state index < -0.39 is 0 Å². The lowest BCUT2D eigenvalue weighted by molar-refractivity contribution is 0.101. The molecule has 0 aliphatic carbocycles. The van der Waals surface area contributed by atoms with Crippen molar-refractivity contribution < 1.29 is 4.79 Å². The fraction of sp³-hybridized carbons (Fsp3) is 0.562. The summed E-state index contributed by atoms with van der Waals surface area (Å²) in [7, 11) is 4.26. The number of carbonyl (C=O) groups excluding carboxylic acids is 1. The highest BCUT2D eigenvalue weighted by Crippen LogP contribution is 2.26. The third-order valence-corrected chi connectivity index (χ3v) is 4.02. The molecule has 2 rings (SSSR count). The molecule has 0 bridgehead atoms. The molecule has 110 valence electrons. The topological polar surface area (TPSA) is 49.6 Å². The van der Waals surface area contributed by atoms with Gasteiger partial charge in [0.25, 0.3) is 0 Å². The summed E-state index contributed by atoms with van der Waals surface area (Å²) in [5, 5.41) is 0. The molecule has 0 radical (unpaired) electrons. The van der Waals surface area contributed by atoms with Crippen LogP contribution in [0.25, 0.3) is 0 Å². The Morgan fingerprint density at radius 1 is 1.35 bits per heavy atom. The van der Waals surface area contributed by atoms with Gasteiger partial charge in [-0.15, -0.1) is 0 Å². The van der Waals surface area contributed by atoms with Crippen molar-refractivity contribution in [2.45, 2.75) is 19.8 Å². The second-order valence-electron chi connectivity index (χ2n) is 6.02. The van der Waals surface area contributed by atoms with Crippen LogP contribution in [0.5, 0.6) is 0 Å². The molecule has 1 aliphatic heterocycles. The molecule has 2 N–H and O–H groups in total. The van der Waals surface area contributed by atoms with Gasteiger partial charge < -0.3 is 15.5 Å². The SMILES string of the molecule is CC(=O)c1cc(N2CCC(CN(C)C)CC2)ccc1N. The maximum Gasteiger partial charge on any atom is 0.161 e. The van der Waals surface area contributed by atoms with Gasteiger partial charge in [-0.3, -0.25) is 4.79 Å². The van der Waals surface area contributed by atoms with Gasteiger partial charge >= 0.3 is 0 Å². The molecular weight excluding hydrogens is 250 g/mol. The standard InChI is InChI=1S/C16H25N3O/c1-12(20)15-10-14(4-5-16(15)17)19-8-6-13(7-9-19)11-18(2)3/h4-5,10,13H,6-9,11,17H2,1-3H3. The smallest absolute Gasteiger partial charge is 0.161 e. The summed E-state index contributed by atoms with van der Waals surface area (Å²) in [6.45, 7) is 4.84. The number of ketones is 1. The minimum Gasteiger partial charge on any atom is -0.398 e. The molecular formula is C16H25N3O. The highest BCUT2D eigenvalue weighted by Gasteiger charge is 2.20. The second-order valence-corrected chi connectivity index (χ2v) is 6.02. The molecule has 0 atom stereocenters. The Morgan fingerprint density at radius 2 is 2.00 bits per heavy atom. The van der Waals surface area contributed by atoms with Gasteiger partial charge in [0.15, 0.2) is 5.78 Å². The lowest BCUT2D eigenvalue weighted by atomic mass is 9.95. The third kappa shape index (κ3) is 3.51. The summed E-state index contributed by atoms with van der Waals surface area (Å²) in [5.74, 6) is 0.814. The van der Waals surface area contributed by atoms with E-state index >= 15 is 0 Å². The number of anilines is 2. The highest BCUT2D eigenvalue weighted by molar-refractivity contribution is 6.00. The Kier molecular flexibility index (Phi) is 4.65. The van der Waals surface area contributed by atoms with E-state index in [1.807, 2.05) is 18.2 Å². The van der Waals surface area contributed by atoms with Crippen LogP contribution in [0.3, 0.4) is 0 Å². The Labute approximate surface area is 121 Å². The van der Waals surface area contributed by atoms with Gasteiger partial charge in [-0.2, -0.15) is 0 Å². The van der Waals surface area contributed by atoms with Crippen LogP contribution in [0.4, 0.5) is 11.4 Å². The van der Waals surface area contributed by atoms with Gasteiger partial charge in [-0.1, -0.05) is 0 Å². The van der Waals surface area contributed by atoms with Crippen LogP contribution in [-0.4, -0.2) is 44.4 Å². The van der Waals surface area contributed by atoms with E-state index in [-0.39, 0.29) is 5.78 Å². The summed E-state index contributed by atoms with van der Waals surface area (Å²) >= 11 is 0. The summed E-state index contributed by atoms with van der Waals surface area (Å²) in [5.41, 5.74) is 8.18. The first-order valence-corrected chi connectivity index (χ1v) is 7.27. The number of benzene rings is 1. The molecule has 0 spiro atoms. The predicted octanol–water partition coefficient (Wildman–Crippen LogP) is 2.25. The molecule has 0 amide bonds. The summed E-state index contributed by atoms with van der Waals surface area (Å²) in [4.78, 5) is 16.2. The molecule has 0 saturated carbocycles. The van der Waals surface area contributed by atoms with Crippen molar-refractivity contribution in [2.75, 3.05) is 44.4 Å². The number of nitrogens with two attached hydrogens (primary N) is 1. The number of rotatable bonds is 4. The van der Waals surface area contributed by atoms with E-state index in [9.17, 15) is 4.79 Å². The maximum absolute atomic E-state index is 11.6. The summed E-state index contributed by atoms with van der Waals surface area (Å²) in [6.07, 6.45) is 2.41. The number of carbonyl (C=O) groups is 1. The number of Topliss-reactive ketones (excluding diaryl/α,β-unsaturated/α-hetero) is 1. The van der Waals surface area contributed by atoms with Crippen molar-refractivity contribution in [3.8, 4) is 0 Å². The van der Waals surface area contributed by atoms with Crippen molar-refractivity contribution in [3.63, 3.8) is 0 Å².